The van der Waals surface area contributed by atoms with E-state index in [4.69, 9.17) is 21.4 Å². The molecule has 1 unspecified atom stereocenters. The number of ether oxygens (including phenoxy) is 1. The average Bonchev–Trinajstić information content (AvgIpc) is 2.83. The molecule has 0 saturated carbocycles. The highest BCUT2D eigenvalue weighted by Crippen LogP contribution is 2.18. The summed E-state index contributed by atoms with van der Waals surface area (Å²) in [6, 6.07) is 6.34. The van der Waals surface area contributed by atoms with E-state index in [1.54, 1.807) is 36.0 Å². The van der Waals surface area contributed by atoms with E-state index >= 15 is 0 Å². The lowest BCUT2D eigenvalue weighted by atomic mass is 10.1. The molecule has 7 heteroatoms. The minimum atomic E-state index is -1.08. The van der Waals surface area contributed by atoms with Gasteiger partial charge in [-0.1, -0.05) is 23.7 Å². The van der Waals surface area contributed by atoms with E-state index < -0.39 is 12.1 Å². The fourth-order valence-corrected chi connectivity index (χ4v) is 2.06. The number of hydrogen-bond acceptors (Lipinski definition) is 4. The Morgan fingerprint density at radius 1 is 1.43 bits per heavy atom. The van der Waals surface area contributed by atoms with E-state index in [9.17, 15) is 9.59 Å². The topological polar surface area (TPSA) is 81.4 Å². The molecule has 0 aliphatic heterocycles. The van der Waals surface area contributed by atoms with Gasteiger partial charge in [0, 0.05) is 12.6 Å². The molecule has 23 heavy (non-hydrogen) atoms. The van der Waals surface area contributed by atoms with Crippen LogP contribution >= 0.6 is 11.6 Å². The summed E-state index contributed by atoms with van der Waals surface area (Å²) < 4.78 is 6.80. The van der Waals surface area contributed by atoms with E-state index in [2.05, 4.69) is 5.10 Å². The third kappa shape index (κ3) is 4.20. The van der Waals surface area contributed by atoms with Gasteiger partial charge in [-0.05, 0) is 31.2 Å². The molecule has 1 aromatic heterocycles. The largest absolute Gasteiger partial charge is 0.479 e. The van der Waals surface area contributed by atoms with Crippen molar-refractivity contribution in [3.8, 4) is 5.75 Å². The van der Waals surface area contributed by atoms with Gasteiger partial charge in [0.25, 0.3) is 0 Å². The molecule has 0 aliphatic rings. The number of carbonyl (C=O) groups is 2. The third-order valence-corrected chi connectivity index (χ3v) is 3.40. The third-order valence-electron chi connectivity index (χ3n) is 3.11. The Morgan fingerprint density at radius 2 is 2.17 bits per heavy atom. The zero-order valence-corrected chi connectivity index (χ0v) is 13.3. The van der Waals surface area contributed by atoms with Crippen molar-refractivity contribution >= 4 is 29.4 Å². The first-order chi connectivity index (χ1) is 10.9. The van der Waals surface area contributed by atoms with Crippen LogP contribution in [0.4, 0.5) is 0 Å². The molecular formula is C16H15ClN2O4. The number of carboxylic acid groups (broad SMARTS) is 1. The lowest BCUT2D eigenvalue weighted by molar-refractivity contribution is -0.144. The van der Waals surface area contributed by atoms with Crippen LogP contribution in [0.15, 0.2) is 36.5 Å². The van der Waals surface area contributed by atoms with Gasteiger partial charge >= 0.3 is 5.97 Å². The van der Waals surface area contributed by atoms with Crippen LogP contribution in [0, 0.1) is 0 Å². The van der Waals surface area contributed by atoms with Gasteiger partial charge in [-0.25, -0.2) is 4.79 Å². The van der Waals surface area contributed by atoms with Crippen molar-refractivity contribution in [2.45, 2.75) is 13.0 Å². The summed E-state index contributed by atoms with van der Waals surface area (Å²) in [6.45, 7) is 1.42. The zero-order chi connectivity index (χ0) is 17.0. The van der Waals surface area contributed by atoms with Gasteiger partial charge in [0.05, 0.1) is 16.9 Å². The molecule has 0 saturated heterocycles. The van der Waals surface area contributed by atoms with Crippen LogP contribution in [0.5, 0.6) is 5.75 Å². The second kappa shape index (κ2) is 7.11. The van der Waals surface area contributed by atoms with Crippen LogP contribution in [0.1, 0.15) is 23.0 Å². The molecule has 1 heterocycles. The molecular weight excluding hydrogens is 320 g/mol. The molecule has 0 spiro atoms. The number of aliphatic carboxylic acids is 1. The second-order valence-corrected chi connectivity index (χ2v) is 5.23. The van der Waals surface area contributed by atoms with Crippen LogP contribution in [0.3, 0.4) is 0 Å². The first-order valence-corrected chi connectivity index (χ1v) is 7.15. The van der Waals surface area contributed by atoms with Crippen molar-refractivity contribution in [3.05, 3.63) is 52.8 Å². The normalized spacial score (nSPS) is 12.3. The molecule has 2 aromatic rings. The molecule has 0 amide bonds. The summed E-state index contributed by atoms with van der Waals surface area (Å²) in [5.41, 5.74) is 1.00. The van der Waals surface area contributed by atoms with Crippen molar-refractivity contribution in [3.63, 3.8) is 0 Å². The Labute approximate surface area is 137 Å². The summed E-state index contributed by atoms with van der Waals surface area (Å²) in [7, 11) is 1.72. The molecule has 120 valence electrons. The number of carbonyl (C=O) groups excluding carboxylic acids is 1. The van der Waals surface area contributed by atoms with E-state index in [1.807, 2.05) is 0 Å². The van der Waals surface area contributed by atoms with Crippen molar-refractivity contribution in [2.75, 3.05) is 0 Å². The molecule has 2 rings (SSSR count). The Morgan fingerprint density at radius 3 is 2.78 bits per heavy atom. The smallest absolute Gasteiger partial charge is 0.344 e. The Hall–Kier alpha value is -2.60. The number of halogens is 1. The fraction of sp³-hybridized carbons (Fsp3) is 0.188. The number of benzene rings is 1. The van der Waals surface area contributed by atoms with Gasteiger partial charge in [-0.3, -0.25) is 9.48 Å². The molecule has 0 fully saturated rings. The molecule has 0 aliphatic carbocycles. The van der Waals surface area contributed by atoms with Crippen LogP contribution in [-0.4, -0.2) is 32.7 Å². The van der Waals surface area contributed by atoms with E-state index in [-0.39, 0.29) is 5.78 Å². The minimum absolute atomic E-state index is 0.254. The standard InChI is InChI=1S/C16H15ClN2O4/c1-10(16(21)22)23-12-5-3-4-11(8-12)15(20)7-6-14-13(17)9-18-19(14)2/h3-10H,1-2H3,(H,21,22)/b7-6+. The zero-order valence-electron chi connectivity index (χ0n) is 12.6. The Balaban J connectivity index is 2.15. The molecule has 6 nitrogen and oxygen atoms in total. The number of hydrogen-bond donors (Lipinski definition) is 1. The summed E-state index contributed by atoms with van der Waals surface area (Å²) in [5, 5.41) is 13.3. The van der Waals surface area contributed by atoms with Crippen molar-refractivity contribution < 1.29 is 19.4 Å². The van der Waals surface area contributed by atoms with Crippen LogP contribution in [0.2, 0.25) is 5.02 Å². The molecule has 1 N–H and O–H groups in total. The molecule has 1 aromatic carbocycles. The quantitative estimate of drug-likeness (QED) is 0.649. The number of aromatic nitrogens is 2. The van der Waals surface area contributed by atoms with Gasteiger partial charge in [0.15, 0.2) is 11.9 Å². The highest BCUT2D eigenvalue weighted by molar-refractivity contribution is 6.31. The number of nitrogens with zero attached hydrogens (tertiary/aromatic N) is 2. The predicted octanol–water partition coefficient (Wildman–Crippen LogP) is 2.82. The summed E-state index contributed by atoms with van der Waals surface area (Å²) in [6.07, 6.45) is 3.45. The van der Waals surface area contributed by atoms with Crippen molar-refractivity contribution in [2.24, 2.45) is 7.05 Å². The van der Waals surface area contributed by atoms with Gasteiger partial charge in [0.1, 0.15) is 5.75 Å². The number of carboxylic acids is 1. The first-order valence-electron chi connectivity index (χ1n) is 6.78. The average molecular weight is 335 g/mol. The Bertz CT molecular complexity index is 748. The fourth-order valence-electron chi connectivity index (χ4n) is 1.84. The van der Waals surface area contributed by atoms with E-state index in [0.717, 1.165) is 0 Å². The minimum Gasteiger partial charge on any atom is -0.479 e. The van der Waals surface area contributed by atoms with E-state index in [1.165, 1.54) is 25.3 Å². The van der Waals surface area contributed by atoms with Gasteiger partial charge in [-0.2, -0.15) is 5.10 Å². The van der Waals surface area contributed by atoms with Gasteiger partial charge in [0.2, 0.25) is 0 Å². The highest BCUT2D eigenvalue weighted by Gasteiger charge is 2.13. The molecule has 0 bridgehead atoms. The lowest BCUT2D eigenvalue weighted by Gasteiger charge is -2.10. The number of allylic oxidation sites excluding steroid dienone is 1. The highest BCUT2D eigenvalue weighted by atomic mass is 35.5. The van der Waals surface area contributed by atoms with Gasteiger partial charge < -0.3 is 9.84 Å². The maximum absolute atomic E-state index is 12.2. The van der Waals surface area contributed by atoms with Gasteiger partial charge in [-0.15, -0.1) is 0 Å². The van der Waals surface area contributed by atoms with Crippen LogP contribution in [-0.2, 0) is 11.8 Å². The number of aryl methyl sites for hydroxylation is 1. The lowest BCUT2D eigenvalue weighted by Crippen LogP contribution is -2.22. The maximum Gasteiger partial charge on any atom is 0.344 e. The molecule has 0 radical (unpaired) electrons. The second-order valence-electron chi connectivity index (χ2n) is 4.83. The Kier molecular flexibility index (Phi) is 5.18. The van der Waals surface area contributed by atoms with Crippen molar-refractivity contribution in [1.82, 2.24) is 9.78 Å². The molecule has 1 atom stereocenters. The number of rotatable bonds is 6. The summed E-state index contributed by atoms with van der Waals surface area (Å²) in [4.78, 5) is 23.0. The maximum atomic E-state index is 12.2. The number of ketones is 1. The monoisotopic (exact) mass is 334 g/mol. The first kappa shape index (κ1) is 16.8. The van der Waals surface area contributed by atoms with Crippen LogP contribution < -0.4 is 4.74 Å². The SMILES string of the molecule is CC(Oc1cccc(C(=O)/C=C/c2c(Cl)cnn2C)c1)C(=O)O. The van der Waals surface area contributed by atoms with Crippen molar-refractivity contribution in [1.29, 1.82) is 0 Å². The van der Waals surface area contributed by atoms with E-state index in [0.29, 0.717) is 22.0 Å². The predicted molar refractivity (Wildman–Crippen MR) is 85.8 cm³/mol. The summed E-state index contributed by atoms with van der Waals surface area (Å²) in [5.74, 6) is -1.01. The summed E-state index contributed by atoms with van der Waals surface area (Å²) >= 11 is 5.97. The van der Waals surface area contributed by atoms with Crippen LogP contribution in [0.25, 0.3) is 6.08 Å².